The Morgan fingerprint density at radius 1 is 1.37 bits per heavy atom. The molecule has 0 aromatic heterocycles. The molecular weight excluding hydrogens is 243 g/mol. The molecule has 1 N–H and O–H groups in total. The molecule has 1 aliphatic rings. The van der Waals surface area contributed by atoms with Crippen LogP contribution in [0.1, 0.15) is 12.8 Å². The molecule has 0 aliphatic carbocycles. The lowest BCUT2D eigenvalue weighted by atomic mass is 9.98. The van der Waals surface area contributed by atoms with Gasteiger partial charge in [-0.15, -0.1) is 0 Å². The molecule has 0 bridgehead atoms. The van der Waals surface area contributed by atoms with Gasteiger partial charge in [0, 0.05) is 13.1 Å². The molecule has 2 rings (SSSR count). The Hall–Kier alpha value is -1.13. The average Bonchev–Trinajstić information content (AvgIpc) is 2.42. The molecule has 1 atom stereocenters. The average molecular weight is 266 g/mol. The molecule has 1 fully saturated rings. The van der Waals surface area contributed by atoms with Crippen LogP contribution in [0, 0.1) is 11.7 Å². The largest absolute Gasteiger partial charge is 0.492 e. The highest BCUT2D eigenvalue weighted by atomic mass is 19.1. The molecule has 19 heavy (non-hydrogen) atoms. The summed E-state index contributed by atoms with van der Waals surface area (Å²) in [5, 5.41) is 3.25. The Morgan fingerprint density at radius 3 is 2.89 bits per heavy atom. The normalized spacial score (nSPS) is 20.4. The fourth-order valence-corrected chi connectivity index (χ4v) is 2.63. The van der Waals surface area contributed by atoms with Crippen molar-refractivity contribution in [1.29, 1.82) is 0 Å². The van der Waals surface area contributed by atoms with E-state index in [-0.39, 0.29) is 5.82 Å². The van der Waals surface area contributed by atoms with Crippen molar-refractivity contribution >= 4 is 0 Å². The van der Waals surface area contributed by atoms with E-state index in [1.807, 2.05) is 7.05 Å². The van der Waals surface area contributed by atoms with Crippen molar-refractivity contribution in [2.45, 2.75) is 12.8 Å². The summed E-state index contributed by atoms with van der Waals surface area (Å²) >= 11 is 0. The maximum absolute atomic E-state index is 12.7. The van der Waals surface area contributed by atoms with Gasteiger partial charge in [0.1, 0.15) is 18.2 Å². The maximum Gasteiger partial charge on any atom is 0.123 e. The molecular formula is C15H23FN2O. The van der Waals surface area contributed by atoms with Crippen LogP contribution in [-0.2, 0) is 0 Å². The summed E-state index contributed by atoms with van der Waals surface area (Å²) < 4.78 is 18.4. The third-order valence-electron chi connectivity index (χ3n) is 3.59. The van der Waals surface area contributed by atoms with Crippen LogP contribution in [0.25, 0.3) is 0 Å². The first kappa shape index (κ1) is 14.3. The Bertz CT molecular complexity index is 367. The second-order valence-corrected chi connectivity index (χ2v) is 5.17. The van der Waals surface area contributed by atoms with Gasteiger partial charge in [0.2, 0.25) is 0 Å². The fourth-order valence-electron chi connectivity index (χ4n) is 2.63. The summed E-state index contributed by atoms with van der Waals surface area (Å²) in [5.74, 6) is 1.27. The topological polar surface area (TPSA) is 24.5 Å². The minimum Gasteiger partial charge on any atom is -0.492 e. The molecule has 1 aromatic carbocycles. The lowest BCUT2D eigenvalue weighted by Gasteiger charge is -2.32. The summed E-state index contributed by atoms with van der Waals surface area (Å²) in [6.45, 7) is 5.01. The SMILES string of the molecule is CNCC1CCCN(CCOc2ccc(F)cc2)C1. The van der Waals surface area contributed by atoms with Crippen molar-refractivity contribution in [3.63, 3.8) is 0 Å². The van der Waals surface area contributed by atoms with E-state index >= 15 is 0 Å². The summed E-state index contributed by atoms with van der Waals surface area (Å²) in [5.41, 5.74) is 0. The van der Waals surface area contributed by atoms with E-state index in [1.165, 1.54) is 25.0 Å². The van der Waals surface area contributed by atoms with Crippen LogP contribution in [0.2, 0.25) is 0 Å². The molecule has 0 radical (unpaired) electrons. The van der Waals surface area contributed by atoms with Gasteiger partial charge in [-0.1, -0.05) is 0 Å². The van der Waals surface area contributed by atoms with Crippen molar-refractivity contribution in [1.82, 2.24) is 10.2 Å². The molecule has 1 heterocycles. The Morgan fingerprint density at radius 2 is 2.16 bits per heavy atom. The smallest absolute Gasteiger partial charge is 0.123 e. The van der Waals surface area contributed by atoms with E-state index in [0.29, 0.717) is 6.61 Å². The van der Waals surface area contributed by atoms with Crippen LogP contribution in [0.5, 0.6) is 5.75 Å². The van der Waals surface area contributed by atoms with E-state index in [0.717, 1.165) is 37.8 Å². The lowest BCUT2D eigenvalue weighted by molar-refractivity contribution is 0.146. The van der Waals surface area contributed by atoms with Crippen LogP contribution in [0.15, 0.2) is 24.3 Å². The number of nitrogens with zero attached hydrogens (tertiary/aromatic N) is 1. The maximum atomic E-state index is 12.7. The first-order valence-corrected chi connectivity index (χ1v) is 7.03. The molecule has 0 saturated carbocycles. The molecule has 0 amide bonds. The van der Waals surface area contributed by atoms with Gasteiger partial charge in [-0.25, -0.2) is 4.39 Å². The standard InChI is InChI=1S/C15H23FN2O/c1-17-11-13-3-2-8-18(12-13)9-10-19-15-6-4-14(16)5-7-15/h4-7,13,17H,2-3,8-12H2,1H3. The number of hydrogen-bond acceptors (Lipinski definition) is 3. The molecule has 1 unspecified atom stereocenters. The number of benzene rings is 1. The lowest BCUT2D eigenvalue weighted by Crippen LogP contribution is -2.40. The molecule has 106 valence electrons. The van der Waals surface area contributed by atoms with E-state index < -0.39 is 0 Å². The number of piperidine rings is 1. The highest BCUT2D eigenvalue weighted by molar-refractivity contribution is 5.21. The van der Waals surface area contributed by atoms with Crippen LogP contribution in [0.4, 0.5) is 4.39 Å². The van der Waals surface area contributed by atoms with Crippen molar-refractivity contribution in [2.24, 2.45) is 5.92 Å². The number of likely N-dealkylation sites (tertiary alicyclic amines) is 1. The van der Waals surface area contributed by atoms with Gasteiger partial charge >= 0.3 is 0 Å². The van der Waals surface area contributed by atoms with E-state index in [9.17, 15) is 4.39 Å². The molecule has 0 spiro atoms. The molecule has 1 saturated heterocycles. The predicted octanol–water partition coefficient (Wildman–Crippen LogP) is 2.14. The summed E-state index contributed by atoms with van der Waals surface area (Å²) in [7, 11) is 2.01. The van der Waals surface area contributed by atoms with Gasteiger partial charge in [-0.3, -0.25) is 4.90 Å². The number of halogens is 1. The van der Waals surface area contributed by atoms with Gasteiger partial charge < -0.3 is 10.1 Å². The fraction of sp³-hybridized carbons (Fsp3) is 0.600. The van der Waals surface area contributed by atoms with Crippen LogP contribution >= 0.6 is 0 Å². The first-order valence-electron chi connectivity index (χ1n) is 7.03. The first-order chi connectivity index (χ1) is 9.28. The number of rotatable bonds is 6. The molecule has 3 nitrogen and oxygen atoms in total. The Labute approximate surface area is 114 Å². The zero-order valence-electron chi connectivity index (χ0n) is 11.6. The minimum atomic E-state index is -0.224. The highest BCUT2D eigenvalue weighted by Gasteiger charge is 2.18. The Kier molecular flexibility index (Phi) is 5.61. The van der Waals surface area contributed by atoms with Crippen molar-refractivity contribution in [3.8, 4) is 5.75 Å². The van der Waals surface area contributed by atoms with Crippen molar-refractivity contribution in [2.75, 3.05) is 39.8 Å². The van der Waals surface area contributed by atoms with Gasteiger partial charge in [-0.05, 0) is 63.2 Å². The summed E-state index contributed by atoms with van der Waals surface area (Å²) in [4.78, 5) is 2.45. The highest BCUT2D eigenvalue weighted by Crippen LogP contribution is 2.16. The van der Waals surface area contributed by atoms with Gasteiger partial charge in [0.15, 0.2) is 0 Å². The third-order valence-corrected chi connectivity index (χ3v) is 3.59. The number of ether oxygens (including phenoxy) is 1. The third kappa shape index (κ3) is 4.80. The van der Waals surface area contributed by atoms with E-state index in [1.54, 1.807) is 12.1 Å². The Balaban J connectivity index is 1.69. The number of hydrogen-bond donors (Lipinski definition) is 1. The number of nitrogens with one attached hydrogen (secondary N) is 1. The quantitative estimate of drug-likeness (QED) is 0.853. The zero-order chi connectivity index (χ0) is 13.5. The molecule has 4 heteroatoms. The van der Waals surface area contributed by atoms with Crippen LogP contribution in [-0.4, -0.2) is 44.7 Å². The second kappa shape index (κ2) is 7.46. The van der Waals surface area contributed by atoms with Gasteiger partial charge in [-0.2, -0.15) is 0 Å². The minimum absolute atomic E-state index is 0.224. The summed E-state index contributed by atoms with van der Waals surface area (Å²) in [6.07, 6.45) is 2.58. The van der Waals surface area contributed by atoms with Crippen molar-refractivity contribution in [3.05, 3.63) is 30.1 Å². The van der Waals surface area contributed by atoms with Gasteiger partial charge in [0.05, 0.1) is 0 Å². The summed E-state index contributed by atoms with van der Waals surface area (Å²) in [6, 6.07) is 6.21. The van der Waals surface area contributed by atoms with E-state index in [4.69, 9.17) is 4.74 Å². The molecule has 1 aromatic rings. The zero-order valence-corrected chi connectivity index (χ0v) is 11.6. The predicted molar refractivity (Wildman–Crippen MR) is 75.0 cm³/mol. The monoisotopic (exact) mass is 266 g/mol. The van der Waals surface area contributed by atoms with Crippen LogP contribution in [0.3, 0.4) is 0 Å². The molecule has 1 aliphatic heterocycles. The van der Waals surface area contributed by atoms with Crippen LogP contribution < -0.4 is 10.1 Å². The van der Waals surface area contributed by atoms with E-state index in [2.05, 4.69) is 10.2 Å². The van der Waals surface area contributed by atoms with Crippen molar-refractivity contribution < 1.29 is 9.13 Å². The second-order valence-electron chi connectivity index (χ2n) is 5.17. The van der Waals surface area contributed by atoms with Gasteiger partial charge in [0.25, 0.3) is 0 Å².